The van der Waals surface area contributed by atoms with Gasteiger partial charge in [-0.25, -0.2) is 4.99 Å². The molecule has 0 spiro atoms. The van der Waals surface area contributed by atoms with Gasteiger partial charge in [-0.3, -0.25) is 0 Å². The Labute approximate surface area is 68.0 Å². The zero-order valence-corrected chi connectivity index (χ0v) is 5.74. The standard InChI is InChI=1S/C7N5/c8-1-4-5(2-9)12-6(3-10)7(4)11/q-1. The van der Waals surface area contributed by atoms with Crippen LogP contribution in [0.25, 0.3) is 5.41 Å². The lowest BCUT2D eigenvalue weighted by Gasteiger charge is -1.98. The second-order valence-corrected chi connectivity index (χ2v) is 1.87. The molecule has 54 valence electrons. The third kappa shape index (κ3) is 0.847. The van der Waals surface area contributed by atoms with Crippen molar-refractivity contribution in [2.24, 2.45) is 4.99 Å². The Morgan fingerprint density at radius 1 is 1.08 bits per heavy atom. The van der Waals surface area contributed by atoms with Crippen molar-refractivity contribution in [3.05, 3.63) is 16.7 Å². The van der Waals surface area contributed by atoms with Gasteiger partial charge in [0.2, 0.25) is 0 Å². The van der Waals surface area contributed by atoms with E-state index in [9.17, 15) is 0 Å². The first-order valence-electron chi connectivity index (χ1n) is 2.84. The lowest BCUT2D eigenvalue weighted by molar-refractivity contribution is 1.38. The third-order valence-electron chi connectivity index (χ3n) is 1.25. The smallest absolute Gasteiger partial charge is 0.158 e. The van der Waals surface area contributed by atoms with Crippen molar-refractivity contribution in [3.63, 3.8) is 0 Å². The van der Waals surface area contributed by atoms with Crippen LogP contribution in [0.1, 0.15) is 0 Å². The van der Waals surface area contributed by atoms with Gasteiger partial charge in [-0.2, -0.15) is 15.8 Å². The molecule has 12 heavy (non-hydrogen) atoms. The SMILES string of the molecule is N#CC1=NC(C#N)=C(C#N)C1=[N-]. The van der Waals surface area contributed by atoms with E-state index in [1.165, 1.54) is 0 Å². The largest absolute Gasteiger partial charge is 0.800 e. The highest BCUT2D eigenvalue weighted by Gasteiger charge is 2.17. The predicted octanol–water partition coefficient (Wildman–Crippen LogP) is 0.276. The maximum atomic E-state index is 9.08. The number of allylic oxidation sites excluding steroid dienone is 2. The summed E-state index contributed by atoms with van der Waals surface area (Å²) in [7, 11) is 0. The van der Waals surface area contributed by atoms with Crippen molar-refractivity contribution < 1.29 is 0 Å². The highest BCUT2D eigenvalue weighted by atomic mass is 14.8. The summed E-state index contributed by atoms with van der Waals surface area (Å²) in [6.45, 7) is 0. The molecule has 0 saturated carbocycles. The van der Waals surface area contributed by atoms with Crippen molar-refractivity contribution >= 4 is 11.4 Å². The number of hydrogen-bond acceptors (Lipinski definition) is 4. The highest BCUT2D eigenvalue weighted by molar-refractivity contribution is 6.57. The Morgan fingerprint density at radius 2 is 1.75 bits per heavy atom. The maximum absolute atomic E-state index is 9.08. The fraction of sp³-hybridized carbons (Fsp3) is 0. The molecule has 0 aromatic rings. The van der Waals surface area contributed by atoms with Gasteiger partial charge in [0.05, 0.1) is 5.57 Å². The highest BCUT2D eigenvalue weighted by Crippen LogP contribution is 2.15. The Hall–Kier alpha value is -2.45. The molecule has 0 N–H and O–H groups in total. The van der Waals surface area contributed by atoms with Gasteiger partial charge in [0.15, 0.2) is 5.70 Å². The van der Waals surface area contributed by atoms with Crippen LogP contribution < -0.4 is 0 Å². The number of hydrogen-bond donors (Lipinski definition) is 0. The normalized spacial score (nSPS) is 14.8. The minimum Gasteiger partial charge on any atom is -0.800 e. The van der Waals surface area contributed by atoms with Gasteiger partial charge in [0.1, 0.15) is 23.9 Å². The van der Waals surface area contributed by atoms with Gasteiger partial charge in [0, 0.05) is 0 Å². The van der Waals surface area contributed by atoms with E-state index in [2.05, 4.69) is 4.99 Å². The summed E-state index contributed by atoms with van der Waals surface area (Å²) in [5.41, 5.74) is -1.26. The lowest BCUT2D eigenvalue weighted by Crippen LogP contribution is -2.06. The van der Waals surface area contributed by atoms with E-state index < -0.39 is 5.71 Å². The van der Waals surface area contributed by atoms with Crippen LogP contribution >= 0.6 is 0 Å². The van der Waals surface area contributed by atoms with Gasteiger partial charge in [-0.05, 0) is 0 Å². The molecular weight excluding hydrogens is 154 g/mol. The van der Waals surface area contributed by atoms with E-state index >= 15 is 0 Å². The van der Waals surface area contributed by atoms with Gasteiger partial charge >= 0.3 is 0 Å². The summed E-state index contributed by atoms with van der Waals surface area (Å²) in [4.78, 5) is 3.42. The molecule has 0 fully saturated rings. The van der Waals surface area contributed by atoms with Crippen LogP contribution in [-0.4, -0.2) is 11.4 Å². The topological polar surface area (TPSA) is 106 Å². The molecule has 0 aromatic carbocycles. The summed E-state index contributed by atoms with van der Waals surface area (Å²) in [6.07, 6.45) is 0. The van der Waals surface area contributed by atoms with E-state index in [0.717, 1.165) is 0 Å². The molecule has 0 aliphatic carbocycles. The summed E-state index contributed by atoms with van der Waals surface area (Å²) in [5, 5.41) is 34.3. The Bertz CT molecular complexity index is 432. The third-order valence-corrected chi connectivity index (χ3v) is 1.25. The molecule has 1 aliphatic rings. The predicted molar refractivity (Wildman–Crippen MR) is 39.7 cm³/mol. The van der Waals surface area contributed by atoms with Gasteiger partial charge < -0.3 is 5.41 Å². The van der Waals surface area contributed by atoms with E-state index in [0.29, 0.717) is 0 Å². The zero-order valence-electron chi connectivity index (χ0n) is 5.74. The molecule has 0 saturated heterocycles. The summed E-state index contributed by atoms with van der Waals surface area (Å²) < 4.78 is 0. The van der Waals surface area contributed by atoms with E-state index in [4.69, 9.17) is 21.2 Å². The first kappa shape index (κ1) is 7.65. The average Bonchev–Trinajstić information content (AvgIpc) is 2.41. The molecular formula is C7N5-. The van der Waals surface area contributed by atoms with E-state index in [1.807, 2.05) is 0 Å². The number of aliphatic imine (C=N–C) groups is 1. The van der Waals surface area contributed by atoms with Crippen molar-refractivity contribution in [1.29, 1.82) is 15.8 Å². The van der Waals surface area contributed by atoms with Gasteiger partial charge in [-0.1, -0.05) is 5.71 Å². The van der Waals surface area contributed by atoms with Gasteiger partial charge in [-0.15, -0.1) is 0 Å². The molecule has 0 atom stereocenters. The molecule has 0 amide bonds. The molecule has 1 aliphatic heterocycles. The maximum Gasteiger partial charge on any atom is 0.158 e. The van der Waals surface area contributed by atoms with Crippen molar-refractivity contribution in [2.75, 3.05) is 0 Å². The lowest BCUT2D eigenvalue weighted by atomic mass is 10.1. The average molecular weight is 154 g/mol. The van der Waals surface area contributed by atoms with Crippen molar-refractivity contribution in [1.82, 2.24) is 0 Å². The van der Waals surface area contributed by atoms with Crippen LogP contribution in [0.15, 0.2) is 16.3 Å². The zero-order chi connectivity index (χ0) is 9.14. The van der Waals surface area contributed by atoms with Crippen LogP contribution in [-0.2, 0) is 0 Å². The second kappa shape index (κ2) is 2.65. The minimum absolute atomic E-state index is 0.216. The molecule has 1 heterocycles. The Balaban J connectivity index is 3.29. The Morgan fingerprint density at radius 3 is 2.08 bits per heavy atom. The van der Waals surface area contributed by atoms with Crippen LogP contribution in [0.3, 0.4) is 0 Å². The molecule has 0 bridgehead atoms. The van der Waals surface area contributed by atoms with Crippen LogP contribution in [0, 0.1) is 34.0 Å². The molecule has 0 radical (unpaired) electrons. The van der Waals surface area contributed by atoms with Crippen LogP contribution in [0.4, 0.5) is 0 Å². The molecule has 5 heteroatoms. The first-order valence-corrected chi connectivity index (χ1v) is 2.84. The molecule has 1 rings (SSSR count). The minimum atomic E-state index is -0.517. The fourth-order valence-electron chi connectivity index (χ4n) is 0.716. The quantitative estimate of drug-likeness (QED) is 0.499. The van der Waals surface area contributed by atoms with Gasteiger partial charge in [0.25, 0.3) is 0 Å². The molecule has 5 nitrogen and oxygen atoms in total. The summed E-state index contributed by atoms with van der Waals surface area (Å²) in [6, 6.07) is 4.74. The van der Waals surface area contributed by atoms with Crippen LogP contribution in [0.2, 0.25) is 0 Å². The fourth-order valence-corrected chi connectivity index (χ4v) is 0.716. The molecule has 0 unspecified atom stereocenters. The Kier molecular flexibility index (Phi) is 1.69. The number of nitriles is 3. The first-order chi connectivity index (χ1) is 5.74. The van der Waals surface area contributed by atoms with Crippen molar-refractivity contribution in [2.45, 2.75) is 0 Å². The summed E-state index contributed by atoms with van der Waals surface area (Å²) >= 11 is 0. The molecule has 0 aromatic heterocycles. The van der Waals surface area contributed by atoms with E-state index in [-0.39, 0.29) is 17.0 Å². The van der Waals surface area contributed by atoms with Crippen molar-refractivity contribution in [3.8, 4) is 18.2 Å². The number of nitrogens with zero attached hydrogens (tertiary/aromatic N) is 5. The van der Waals surface area contributed by atoms with Crippen LogP contribution in [0.5, 0.6) is 0 Å². The summed E-state index contributed by atoms with van der Waals surface area (Å²) in [5.74, 6) is 0. The number of rotatable bonds is 0. The van der Waals surface area contributed by atoms with E-state index in [1.54, 1.807) is 18.2 Å². The second-order valence-electron chi connectivity index (χ2n) is 1.87. The monoisotopic (exact) mass is 154 g/mol.